The third-order valence-corrected chi connectivity index (χ3v) is 4.56. The largest absolute Gasteiger partial charge is 0.313 e. The Labute approximate surface area is 118 Å². The van der Waals surface area contributed by atoms with Crippen molar-refractivity contribution in [2.45, 2.75) is 51.6 Å². The molecule has 1 aromatic carbocycles. The Morgan fingerprint density at radius 1 is 1.26 bits per heavy atom. The van der Waals surface area contributed by atoms with Gasteiger partial charge in [0.1, 0.15) is 0 Å². The van der Waals surface area contributed by atoms with Crippen molar-refractivity contribution in [3.05, 3.63) is 35.9 Å². The lowest BCUT2D eigenvalue weighted by Gasteiger charge is -2.32. The van der Waals surface area contributed by atoms with Gasteiger partial charge in [0, 0.05) is 18.6 Å². The predicted octanol–water partition coefficient (Wildman–Crippen LogP) is 3.25. The Kier molecular flexibility index (Phi) is 5.41. The van der Waals surface area contributed by atoms with Crippen molar-refractivity contribution < 1.29 is 0 Å². The molecule has 1 aromatic rings. The van der Waals surface area contributed by atoms with Crippen LogP contribution in [0, 0.1) is 0 Å². The summed E-state index contributed by atoms with van der Waals surface area (Å²) >= 11 is 0. The number of hydrogen-bond acceptors (Lipinski definition) is 2. The van der Waals surface area contributed by atoms with Crippen molar-refractivity contribution in [2.75, 3.05) is 19.6 Å². The monoisotopic (exact) mass is 260 g/mol. The highest BCUT2D eigenvalue weighted by Crippen LogP contribution is 2.29. The maximum absolute atomic E-state index is 3.62. The second kappa shape index (κ2) is 7.06. The number of likely N-dealkylation sites (N-methyl/N-ethyl adjacent to an activating group) is 1. The second-order valence-electron chi connectivity index (χ2n) is 5.70. The zero-order valence-corrected chi connectivity index (χ0v) is 12.6. The molecule has 106 valence electrons. The van der Waals surface area contributed by atoms with Crippen LogP contribution in [0.5, 0.6) is 0 Å². The van der Waals surface area contributed by atoms with Crippen LogP contribution in [0.3, 0.4) is 0 Å². The van der Waals surface area contributed by atoms with Crippen LogP contribution in [0.2, 0.25) is 0 Å². The zero-order chi connectivity index (χ0) is 13.7. The van der Waals surface area contributed by atoms with Crippen LogP contribution in [0.25, 0.3) is 0 Å². The fraction of sp³-hybridized carbons (Fsp3) is 0.647. The van der Waals surface area contributed by atoms with Crippen LogP contribution in [-0.4, -0.2) is 36.6 Å². The van der Waals surface area contributed by atoms with E-state index in [1.807, 2.05) is 0 Å². The molecule has 3 atom stereocenters. The summed E-state index contributed by atoms with van der Waals surface area (Å²) in [5.74, 6) is 0.725. The summed E-state index contributed by atoms with van der Waals surface area (Å²) in [5.41, 5.74) is 1.51. The lowest BCUT2D eigenvalue weighted by molar-refractivity contribution is 0.201. The minimum Gasteiger partial charge on any atom is -0.313 e. The molecule has 0 amide bonds. The highest BCUT2D eigenvalue weighted by atomic mass is 15.2. The number of likely N-dealkylation sites (tertiary alicyclic amines) is 1. The van der Waals surface area contributed by atoms with Gasteiger partial charge < -0.3 is 5.32 Å². The molecular weight excluding hydrogens is 232 g/mol. The standard InChI is InChI=1S/C17H28N2/c1-4-17(18-5-2)14(3)19-12-11-16(13-19)15-9-7-6-8-10-15/h6-10,14,16-18H,4-5,11-13H2,1-3H3. The molecule has 2 nitrogen and oxygen atoms in total. The average molecular weight is 260 g/mol. The van der Waals surface area contributed by atoms with Crippen LogP contribution >= 0.6 is 0 Å². The summed E-state index contributed by atoms with van der Waals surface area (Å²) < 4.78 is 0. The minimum absolute atomic E-state index is 0.625. The Balaban J connectivity index is 1.94. The molecule has 1 N–H and O–H groups in total. The van der Waals surface area contributed by atoms with Gasteiger partial charge >= 0.3 is 0 Å². The smallest absolute Gasteiger partial charge is 0.0221 e. The Hall–Kier alpha value is -0.860. The third-order valence-electron chi connectivity index (χ3n) is 4.56. The first-order valence-corrected chi connectivity index (χ1v) is 7.78. The lowest BCUT2D eigenvalue weighted by Crippen LogP contribution is -2.47. The molecule has 1 aliphatic rings. The topological polar surface area (TPSA) is 15.3 Å². The molecule has 0 radical (unpaired) electrons. The fourth-order valence-corrected chi connectivity index (χ4v) is 3.33. The summed E-state index contributed by atoms with van der Waals surface area (Å²) in [7, 11) is 0. The first-order valence-electron chi connectivity index (χ1n) is 7.78. The van der Waals surface area contributed by atoms with E-state index in [0.717, 1.165) is 12.5 Å². The van der Waals surface area contributed by atoms with E-state index in [2.05, 4.69) is 61.3 Å². The van der Waals surface area contributed by atoms with Crippen molar-refractivity contribution in [3.8, 4) is 0 Å². The van der Waals surface area contributed by atoms with E-state index in [0.29, 0.717) is 12.1 Å². The maximum atomic E-state index is 3.62. The summed E-state index contributed by atoms with van der Waals surface area (Å²) in [5, 5.41) is 3.62. The zero-order valence-electron chi connectivity index (χ0n) is 12.6. The highest BCUT2D eigenvalue weighted by molar-refractivity contribution is 5.21. The molecule has 3 unspecified atom stereocenters. The molecular formula is C17H28N2. The summed E-state index contributed by atoms with van der Waals surface area (Å²) in [6.07, 6.45) is 2.51. The minimum atomic E-state index is 0.625. The van der Waals surface area contributed by atoms with Gasteiger partial charge in [-0.1, -0.05) is 44.2 Å². The number of benzene rings is 1. The van der Waals surface area contributed by atoms with Crippen molar-refractivity contribution in [3.63, 3.8) is 0 Å². The molecule has 0 aliphatic carbocycles. The molecule has 2 rings (SSSR count). The maximum Gasteiger partial charge on any atom is 0.0221 e. The Morgan fingerprint density at radius 3 is 2.63 bits per heavy atom. The van der Waals surface area contributed by atoms with Gasteiger partial charge in [-0.15, -0.1) is 0 Å². The molecule has 1 heterocycles. The first kappa shape index (κ1) is 14.5. The van der Waals surface area contributed by atoms with E-state index in [1.165, 1.54) is 31.5 Å². The van der Waals surface area contributed by atoms with E-state index in [4.69, 9.17) is 0 Å². The van der Waals surface area contributed by atoms with Crippen LogP contribution < -0.4 is 5.32 Å². The molecule has 2 heteroatoms. The Bertz CT molecular complexity index is 363. The molecule has 0 saturated carbocycles. The molecule has 19 heavy (non-hydrogen) atoms. The van der Waals surface area contributed by atoms with Crippen molar-refractivity contribution in [1.82, 2.24) is 10.2 Å². The summed E-state index contributed by atoms with van der Waals surface area (Å²) in [6.45, 7) is 10.4. The van der Waals surface area contributed by atoms with E-state index in [-0.39, 0.29) is 0 Å². The van der Waals surface area contributed by atoms with Crippen molar-refractivity contribution in [2.24, 2.45) is 0 Å². The van der Waals surface area contributed by atoms with Crippen LogP contribution in [0.4, 0.5) is 0 Å². The van der Waals surface area contributed by atoms with Crippen LogP contribution in [0.1, 0.15) is 45.1 Å². The Morgan fingerprint density at radius 2 is 2.00 bits per heavy atom. The highest BCUT2D eigenvalue weighted by Gasteiger charge is 2.29. The fourth-order valence-electron chi connectivity index (χ4n) is 3.33. The van der Waals surface area contributed by atoms with E-state index in [1.54, 1.807) is 0 Å². The summed E-state index contributed by atoms with van der Waals surface area (Å²) in [4.78, 5) is 2.66. The molecule has 0 bridgehead atoms. The van der Waals surface area contributed by atoms with Gasteiger partial charge in [-0.25, -0.2) is 0 Å². The average Bonchev–Trinajstić information content (AvgIpc) is 2.95. The number of nitrogens with zero attached hydrogens (tertiary/aromatic N) is 1. The molecule has 1 saturated heterocycles. The number of hydrogen-bond donors (Lipinski definition) is 1. The molecule has 0 spiro atoms. The van der Waals surface area contributed by atoms with Crippen LogP contribution in [0.15, 0.2) is 30.3 Å². The number of rotatable bonds is 6. The predicted molar refractivity (Wildman–Crippen MR) is 82.6 cm³/mol. The van der Waals surface area contributed by atoms with Gasteiger partial charge in [-0.3, -0.25) is 4.90 Å². The van der Waals surface area contributed by atoms with Crippen LogP contribution in [-0.2, 0) is 0 Å². The third kappa shape index (κ3) is 3.58. The number of nitrogens with one attached hydrogen (secondary N) is 1. The van der Waals surface area contributed by atoms with E-state index in [9.17, 15) is 0 Å². The van der Waals surface area contributed by atoms with Gasteiger partial charge in [-0.05, 0) is 44.3 Å². The van der Waals surface area contributed by atoms with Gasteiger partial charge in [0.15, 0.2) is 0 Å². The van der Waals surface area contributed by atoms with Gasteiger partial charge in [0.25, 0.3) is 0 Å². The van der Waals surface area contributed by atoms with Crippen molar-refractivity contribution in [1.29, 1.82) is 0 Å². The SMILES string of the molecule is CCNC(CC)C(C)N1CCC(c2ccccc2)C1. The normalized spacial score (nSPS) is 23.4. The summed E-state index contributed by atoms with van der Waals surface area (Å²) in [6, 6.07) is 12.3. The molecule has 0 aromatic heterocycles. The lowest BCUT2D eigenvalue weighted by atomic mass is 9.98. The van der Waals surface area contributed by atoms with E-state index < -0.39 is 0 Å². The quantitative estimate of drug-likeness (QED) is 0.844. The molecule has 1 fully saturated rings. The second-order valence-corrected chi connectivity index (χ2v) is 5.70. The van der Waals surface area contributed by atoms with E-state index >= 15 is 0 Å². The van der Waals surface area contributed by atoms with Gasteiger partial charge in [-0.2, -0.15) is 0 Å². The molecule has 1 aliphatic heterocycles. The first-order chi connectivity index (χ1) is 9.26. The van der Waals surface area contributed by atoms with Gasteiger partial charge in [0.05, 0.1) is 0 Å². The van der Waals surface area contributed by atoms with Gasteiger partial charge in [0.2, 0.25) is 0 Å². The van der Waals surface area contributed by atoms with Crippen molar-refractivity contribution >= 4 is 0 Å².